The Morgan fingerprint density at radius 2 is 2.04 bits per heavy atom. The average molecular weight is 352 g/mol. The number of pyridine rings is 1. The maximum absolute atomic E-state index is 9.97. The Hall–Kier alpha value is -2.54. The predicted molar refractivity (Wildman–Crippen MR) is 101 cm³/mol. The number of piperidine rings is 1. The van der Waals surface area contributed by atoms with Gasteiger partial charge in [-0.1, -0.05) is 6.92 Å². The van der Waals surface area contributed by atoms with Crippen LogP contribution in [0.2, 0.25) is 0 Å². The van der Waals surface area contributed by atoms with Crippen molar-refractivity contribution in [1.82, 2.24) is 24.7 Å². The topological polar surface area (TPSA) is 80.0 Å². The van der Waals surface area contributed by atoms with Crippen molar-refractivity contribution in [3.63, 3.8) is 0 Å². The minimum Gasteiger partial charge on any atom is -0.396 e. The summed E-state index contributed by atoms with van der Waals surface area (Å²) in [6, 6.07) is 3.84. The number of aliphatic hydroxyl groups is 1. The summed E-state index contributed by atoms with van der Waals surface area (Å²) in [5, 5.41) is 15.3. The van der Waals surface area contributed by atoms with Gasteiger partial charge < -0.3 is 10.0 Å². The van der Waals surface area contributed by atoms with Gasteiger partial charge in [0, 0.05) is 43.5 Å². The third-order valence-electron chi connectivity index (χ3n) is 5.56. The molecule has 1 fully saturated rings. The molecule has 0 aliphatic carbocycles. The van der Waals surface area contributed by atoms with Crippen LogP contribution in [0.15, 0.2) is 30.7 Å². The van der Waals surface area contributed by atoms with E-state index in [1.807, 2.05) is 25.4 Å². The second-order valence-electron chi connectivity index (χ2n) is 7.15. The molecule has 0 unspecified atom stereocenters. The molecule has 1 aliphatic heterocycles. The van der Waals surface area contributed by atoms with E-state index in [4.69, 9.17) is 9.97 Å². The van der Waals surface area contributed by atoms with Crippen LogP contribution in [-0.2, 0) is 7.05 Å². The Bertz CT molecular complexity index is 903. The highest BCUT2D eigenvalue weighted by Gasteiger charge is 2.34. The van der Waals surface area contributed by atoms with E-state index >= 15 is 0 Å². The molecule has 136 valence electrons. The van der Waals surface area contributed by atoms with Gasteiger partial charge in [0.05, 0.1) is 18.2 Å². The van der Waals surface area contributed by atoms with E-state index in [1.54, 1.807) is 17.1 Å². The number of aliphatic hydroxyl groups excluding tert-OH is 1. The molecular formula is C19H24N6O. The molecule has 3 aromatic rings. The summed E-state index contributed by atoms with van der Waals surface area (Å²) in [6.07, 6.45) is 8.39. The van der Waals surface area contributed by atoms with Crippen molar-refractivity contribution >= 4 is 16.9 Å². The molecule has 7 nitrogen and oxygen atoms in total. The van der Waals surface area contributed by atoms with Gasteiger partial charge in [0.2, 0.25) is 0 Å². The van der Waals surface area contributed by atoms with Crippen LogP contribution < -0.4 is 4.90 Å². The maximum Gasteiger partial charge on any atom is 0.164 e. The molecule has 26 heavy (non-hydrogen) atoms. The lowest BCUT2D eigenvalue weighted by molar-refractivity contribution is 0.101. The van der Waals surface area contributed by atoms with Crippen molar-refractivity contribution in [2.45, 2.75) is 26.2 Å². The number of nitrogens with zero attached hydrogens (tertiary/aromatic N) is 6. The quantitative estimate of drug-likeness (QED) is 0.777. The highest BCUT2D eigenvalue weighted by Crippen LogP contribution is 2.37. The number of anilines is 1. The molecule has 7 heteroatoms. The standard InChI is InChI=1S/C19H24N6O/c1-3-19(13-26)7-4-10-25(12-19)18-15-11-21-24(2)17(15)22-16(23-18)14-5-8-20-9-6-14/h5-6,8-9,11,26H,3-4,7,10,12-13H2,1-2H3/t19-/m1/s1. The molecule has 0 amide bonds. The minimum absolute atomic E-state index is 0.0609. The third kappa shape index (κ3) is 2.82. The molecule has 1 aliphatic rings. The predicted octanol–water partition coefficient (Wildman–Crippen LogP) is 2.41. The first-order valence-corrected chi connectivity index (χ1v) is 9.12. The van der Waals surface area contributed by atoms with Gasteiger partial charge in [-0.3, -0.25) is 9.67 Å². The van der Waals surface area contributed by atoms with E-state index in [9.17, 15) is 5.11 Å². The van der Waals surface area contributed by atoms with E-state index in [1.165, 1.54) is 0 Å². The second-order valence-corrected chi connectivity index (χ2v) is 7.15. The average Bonchev–Trinajstić information content (AvgIpc) is 3.09. The van der Waals surface area contributed by atoms with Crippen LogP contribution in [0, 0.1) is 5.41 Å². The monoisotopic (exact) mass is 352 g/mol. The van der Waals surface area contributed by atoms with Gasteiger partial charge in [-0.15, -0.1) is 0 Å². The zero-order valence-corrected chi connectivity index (χ0v) is 15.3. The Morgan fingerprint density at radius 3 is 2.77 bits per heavy atom. The number of fused-ring (bicyclic) bond motifs is 1. The first-order chi connectivity index (χ1) is 12.7. The van der Waals surface area contributed by atoms with Crippen molar-refractivity contribution in [3.8, 4) is 11.4 Å². The molecule has 0 spiro atoms. The zero-order chi connectivity index (χ0) is 18.1. The summed E-state index contributed by atoms with van der Waals surface area (Å²) in [5.41, 5.74) is 1.69. The van der Waals surface area contributed by atoms with Crippen molar-refractivity contribution < 1.29 is 5.11 Å². The SMILES string of the molecule is CC[C@@]1(CO)CCCN(c2nc(-c3ccncc3)nc3c2cnn3C)C1. The van der Waals surface area contributed by atoms with Gasteiger partial charge >= 0.3 is 0 Å². The molecule has 1 atom stereocenters. The Labute approximate surface area is 152 Å². The van der Waals surface area contributed by atoms with Crippen LogP contribution in [0.4, 0.5) is 5.82 Å². The normalized spacial score (nSPS) is 20.7. The van der Waals surface area contributed by atoms with E-state index in [2.05, 4.69) is 21.9 Å². The Balaban J connectivity index is 1.83. The van der Waals surface area contributed by atoms with Crippen molar-refractivity contribution in [2.75, 3.05) is 24.6 Å². The lowest BCUT2D eigenvalue weighted by Crippen LogP contribution is -2.45. The van der Waals surface area contributed by atoms with E-state index in [-0.39, 0.29) is 12.0 Å². The first kappa shape index (κ1) is 16.9. The number of aryl methyl sites for hydroxylation is 1. The Morgan fingerprint density at radius 1 is 1.23 bits per heavy atom. The zero-order valence-electron chi connectivity index (χ0n) is 15.3. The molecular weight excluding hydrogens is 328 g/mol. The van der Waals surface area contributed by atoms with Crippen LogP contribution >= 0.6 is 0 Å². The molecule has 0 aromatic carbocycles. The highest BCUT2D eigenvalue weighted by atomic mass is 16.3. The van der Waals surface area contributed by atoms with Crippen molar-refractivity contribution in [3.05, 3.63) is 30.7 Å². The number of aromatic nitrogens is 5. The minimum atomic E-state index is -0.0609. The molecule has 0 bridgehead atoms. The molecule has 4 heterocycles. The fourth-order valence-corrected chi connectivity index (χ4v) is 3.80. The van der Waals surface area contributed by atoms with Gasteiger partial charge in [-0.2, -0.15) is 5.10 Å². The number of hydrogen-bond acceptors (Lipinski definition) is 6. The highest BCUT2D eigenvalue weighted by molar-refractivity contribution is 5.88. The van der Waals surface area contributed by atoms with Gasteiger partial charge in [0.15, 0.2) is 11.5 Å². The second kappa shape index (κ2) is 6.64. The third-order valence-corrected chi connectivity index (χ3v) is 5.56. The van der Waals surface area contributed by atoms with Crippen molar-refractivity contribution in [2.24, 2.45) is 12.5 Å². The van der Waals surface area contributed by atoms with Gasteiger partial charge in [0.1, 0.15) is 5.82 Å². The molecule has 0 saturated carbocycles. The van der Waals surface area contributed by atoms with Crippen LogP contribution in [0.5, 0.6) is 0 Å². The maximum atomic E-state index is 9.97. The number of hydrogen-bond donors (Lipinski definition) is 1. The summed E-state index contributed by atoms with van der Waals surface area (Å²) in [4.78, 5) is 16.0. The van der Waals surface area contributed by atoms with Crippen LogP contribution in [-0.4, -0.2) is 49.5 Å². The summed E-state index contributed by atoms with van der Waals surface area (Å²) in [7, 11) is 1.90. The number of rotatable bonds is 4. The first-order valence-electron chi connectivity index (χ1n) is 9.12. The van der Waals surface area contributed by atoms with Crippen molar-refractivity contribution in [1.29, 1.82) is 0 Å². The van der Waals surface area contributed by atoms with Gasteiger partial charge in [0.25, 0.3) is 0 Å². The molecule has 1 N–H and O–H groups in total. The smallest absolute Gasteiger partial charge is 0.164 e. The van der Waals surface area contributed by atoms with E-state index in [0.717, 1.165) is 54.8 Å². The summed E-state index contributed by atoms with van der Waals surface area (Å²) in [6.45, 7) is 4.09. The lowest BCUT2D eigenvalue weighted by Gasteiger charge is -2.42. The fourth-order valence-electron chi connectivity index (χ4n) is 3.80. The van der Waals surface area contributed by atoms with Crippen LogP contribution in [0.1, 0.15) is 26.2 Å². The summed E-state index contributed by atoms with van der Waals surface area (Å²) in [5.74, 6) is 1.58. The molecule has 4 rings (SSSR count). The van der Waals surface area contributed by atoms with E-state index in [0.29, 0.717) is 5.82 Å². The van der Waals surface area contributed by atoms with Gasteiger partial charge in [-0.25, -0.2) is 9.97 Å². The van der Waals surface area contributed by atoms with Crippen LogP contribution in [0.25, 0.3) is 22.4 Å². The van der Waals surface area contributed by atoms with Crippen LogP contribution in [0.3, 0.4) is 0 Å². The summed E-state index contributed by atoms with van der Waals surface area (Å²) >= 11 is 0. The lowest BCUT2D eigenvalue weighted by atomic mass is 9.78. The summed E-state index contributed by atoms with van der Waals surface area (Å²) < 4.78 is 1.79. The largest absolute Gasteiger partial charge is 0.396 e. The molecule has 3 aromatic heterocycles. The fraction of sp³-hybridized carbons (Fsp3) is 0.474. The molecule has 1 saturated heterocycles. The molecule has 0 radical (unpaired) electrons. The Kier molecular flexibility index (Phi) is 4.32. The van der Waals surface area contributed by atoms with E-state index < -0.39 is 0 Å². The van der Waals surface area contributed by atoms with Gasteiger partial charge in [-0.05, 0) is 31.4 Å².